The molecule has 5 nitrogen and oxygen atoms in total. The number of halogens is 1. The van der Waals surface area contributed by atoms with E-state index in [0.717, 1.165) is 16.9 Å². The zero-order chi connectivity index (χ0) is 15.2. The molecule has 21 heavy (non-hydrogen) atoms. The fourth-order valence-corrected chi connectivity index (χ4v) is 2.35. The minimum absolute atomic E-state index is 0.0252. The highest BCUT2D eigenvalue weighted by Crippen LogP contribution is 2.32. The monoisotopic (exact) mass is 304 g/mol. The summed E-state index contributed by atoms with van der Waals surface area (Å²) in [5.74, 6) is 1.39. The highest BCUT2D eigenvalue weighted by Gasteiger charge is 2.21. The summed E-state index contributed by atoms with van der Waals surface area (Å²) in [6.07, 6.45) is 0. The van der Waals surface area contributed by atoms with Gasteiger partial charge in [0, 0.05) is 16.5 Å². The quantitative estimate of drug-likeness (QED) is 0.785. The van der Waals surface area contributed by atoms with E-state index in [9.17, 15) is 0 Å². The van der Waals surface area contributed by atoms with Crippen molar-refractivity contribution in [3.05, 3.63) is 35.0 Å². The lowest BCUT2D eigenvalue weighted by atomic mass is 9.93. The molecule has 3 rings (SSSR count). The van der Waals surface area contributed by atoms with Gasteiger partial charge in [0.2, 0.25) is 0 Å². The predicted octanol–water partition coefficient (Wildman–Crippen LogP) is 3.68. The minimum Gasteiger partial charge on any atom is -0.496 e. The van der Waals surface area contributed by atoms with Crippen molar-refractivity contribution in [1.29, 1.82) is 0 Å². The van der Waals surface area contributed by atoms with Crippen LogP contribution in [0.2, 0.25) is 5.02 Å². The van der Waals surface area contributed by atoms with Crippen LogP contribution in [-0.2, 0) is 5.41 Å². The van der Waals surface area contributed by atoms with E-state index in [1.807, 2.05) is 18.2 Å². The number of fused-ring (bicyclic) bond motifs is 1. The molecule has 0 atom stereocenters. The van der Waals surface area contributed by atoms with Crippen LogP contribution in [0, 0.1) is 0 Å². The van der Waals surface area contributed by atoms with E-state index in [-0.39, 0.29) is 5.41 Å². The molecular formula is C15H17ClN4O. The van der Waals surface area contributed by atoms with Crippen LogP contribution in [0.4, 0.5) is 0 Å². The minimum atomic E-state index is -0.0252. The molecule has 0 aliphatic rings. The SMILES string of the molecule is COc1ccc(Cl)cc1-c1n[nH]c2cc(C(C)(C)C)nn12. The maximum absolute atomic E-state index is 6.10. The van der Waals surface area contributed by atoms with Crippen LogP contribution < -0.4 is 4.74 Å². The summed E-state index contributed by atoms with van der Waals surface area (Å²) in [6.45, 7) is 6.38. The van der Waals surface area contributed by atoms with Crippen LogP contribution in [-0.4, -0.2) is 26.9 Å². The van der Waals surface area contributed by atoms with Gasteiger partial charge in [-0.25, -0.2) is 0 Å². The summed E-state index contributed by atoms with van der Waals surface area (Å²) in [5, 5.41) is 12.6. The van der Waals surface area contributed by atoms with Crippen molar-refractivity contribution in [2.75, 3.05) is 7.11 Å². The van der Waals surface area contributed by atoms with E-state index >= 15 is 0 Å². The second-order valence-electron chi connectivity index (χ2n) is 5.97. The topological polar surface area (TPSA) is 55.2 Å². The maximum Gasteiger partial charge on any atom is 0.186 e. The molecule has 2 aromatic heterocycles. The first-order valence-electron chi connectivity index (χ1n) is 6.68. The third-order valence-corrected chi connectivity index (χ3v) is 3.59. The van der Waals surface area contributed by atoms with Gasteiger partial charge in [-0.05, 0) is 18.2 Å². The maximum atomic E-state index is 6.10. The molecule has 0 fully saturated rings. The Morgan fingerprint density at radius 2 is 2.00 bits per heavy atom. The van der Waals surface area contributed by atoms with Gasteiger partial charge in [-0.2, -0.15) is 14.7 Å². The summed E-state index contributed by atoms with van der Waals surface area (Å²) in [6, 6.07) is 7.45. The number of aromatic amines is 1. The molecule has 0 unspecified atom stereocenters. The molecule has 2 heterocycles. The van der Waals surface area contributed by atoms with Gasteiger partial charge in [-0.3, -0.25) is 5.10 Å². The highest BCUT2D eigenvalue weighted by atomic mass is 35.5. The molecular weight excluding hydrogens is 288 g/mol. The molecule has 110 valence electrons. The number of rotatable bonds is 2. The van der Waals surface area contributed by atoms with E-state index in [1.165, 1.54) is 0 Å². The molecule has 6 heteroatoms. The Labute approximate surface area is 127 Å². The Morgan fingerprint density at radius 3 is 2.67 bits per heavy atom. The van der Waals surface area contributed by atoms with Crippen LogP contribution >= 0.6 is 11.6 Å². The lowest BCUT2D eigenvalue weighted by Crippen LogP contribution is -2.12. The lowest BCUT2D eigenvalue weighted by molar-refractivity contribution is 0.416. The van der Waals surface area contributed by atoms with Crippen molar-refractivity contribution >= 4 is 17.2 Å². The molecule has 0 aliphatic heterocycles. The number of methoxy groups -OCH3 is 1. The van der Waals surface area contributed by atoms with E-state index in [4.69, 9.17) is 16.3 Å². The van der Waals surface area contributed by atoms with Crippen molar-refractivity contribution in [2.45, 2.75) is 26.2 Å². The van der Waals surface area contributed by atoms with Crippen LogP contribution in [0.5, 0.6) is 5.75 Å². The zero-order valence-electron chi connectivity index (χ0n) is 12.4. The third-order valence-electron chi connectivity index (χ3n) is 3.36. The average Bonchev–Trinajstić information content (AvgIpc) is 2.97. The van der Waals surface area contributed by atoms with Crippen LogP contribution in [0.3, 0.4) is 0 Å². The van der Waals surface area contributed by atoms with Gasteiger partial charge in [-0.1, -0.05) is 32.4 Å². The van der Waals surface area contributed by atoms with Crippen LogP contribution in [0.1, 0.15) is 26.5 Å². The Balaban J connectivity index is 2.21. The molecule has 0 spiro atoms. The largest absolute Gasteiger partial charge is 0.496 e. The summed E-state index contributed by atoms with van der Waals surface area (Å²) in [7, 11) is 1.63. The average molecular weight is 305 g/mol. The number of hydrogen-bond acceptors (Lipinski definition) is 3. The standard InChI is InChI=1S/C15H17ClN4O/c1-15(2,3)12-8-13-17-18-14(20(13)19-12)10-7-9(16)5-6-11(10)21-4/h5-8,17H,1-4H3. The second kappa shape index (κ2) is 4.77. The predicted molar refractivity (Wildman–Crippen MR) is 83.0 cm³/mol. The smallest absolute Gasteiger partial charge is 0.186 e. The summed E-state index contributed by atoms with van der Waals surface area (Å²) < 4.78 is 7.18. The third kappa shape index (κ3) is 2.38. The Bertz CT molecular complexity index is 798. The van der Waals surface area contributed by atoms with Gasteiger partial charge in [0.05, 0.1) is 18.4 Å². The van der Waals surface area contributed by atoms with Gasteiger partial charge in [0.25, 0.3) is 0 Å². The van der Waals surface area contributed by atoms with E-state index in [1.54, 1.807) is 17.7 Å². The van der Waals surface area contributed by atoms with Crippen LogP contribution in [0.15, 0.2) is 24.3 Å². The molecule has 0 amide bonds. The number of H-pyrrole nitrogens is 1. The molecule has 3 aromatic rings. The lowest BCUT2D eigenvalue weighted by Gasteiger charge is -2.13. The second-order valence-corrected chi connectivity index (χ2v) is 6.40. The van der Waals surface area contributed by atoms with E-state index < -0.39 is 0 Å². The molecule has 0 bridgehead atoms. The Hall–Kier alpha value is -2.01. The summed E-state index contributed by atoms with van der Waals surface area (Å²) in [4.78, 5) is 0. The van der Waals surface area contributed by atoms with Crippen molar-refractivity contribution in [3.8, 4) is 17.1 Å². The number of nitrogens with zero attached hydrogens (tertiary/aromatic N) is 3. The first kappa shape index (κ1) is 13.9. The normalized spacial score (nSPS) is 12.0. The summed E-state index contributed by atoms with van der Waals surface area (Å²) >= 11 is 6.10. The van der Waals surface area contributed by atoms with Crippen molar-refractivity contribution in [2.24, 2.45) is 0 Å². The number of nitrogens with one attached hydrogen (secondary N) is 1. The molecule has 1 aromatic carbocycles. The number of hydrogen-bond donors (Lipinski definition) is 1. The van der Waals surface area contributed by atoms with Crippen molar-refractivity contribution in [1.82, 2.24) is 19.8 Å². The van der Waals surface area contributed by atoms with Gasteiger partial charge < -0.3 is 4.74 Å². The molecule has 0 aliphatic carbocycles. The first-order valence-corrected chi connectivity index (χ1v) is 7.06. The number of ether oxygens (including phenoxy) is 1. The van der Waals surface area contributed by atoms with Gasteiger partial charge in [0.1, 0.15) is 5.75 Å². The van der Waals surface area contributed by atoms with Crippen LogP contribution in [0.25, 0.3) is 17.0 Å². The Morgan fingerprint density at radius 1 is 1.24 bits per heavy atom. The number of benzene rings is 1. The van der Waals surface area contributed by atoms with Crippen molar-refractivity contribution < 1.29 is 4.74 Å². The first-order chi connectivity index (χ1) is 9.90. The van der Waals surface area contributed by atoms with Gasteiger partial charge in [0.15, 0.2) is 11.5 Å². The summed E-state index contributed by atoms with van der Waals surface area (Å²) in [5.41, 5.74) is 2.62. The molecule has 0 saturated carbocycles. The van der Waals surface area contributed by atoms with E-state index in [2.05, 4.69) is 36.1 Å². The fraction of sp³-hybridized carbons (Fsp3) is 0.333. The fourth-order valence-electron chi connectivity index (χ4n) is 2.18. The van der Waals surface area contributed by atoms with Crippen molar-refractivity contribution in [3.63, 3.8) is 0 Å². The van der Waals surface area contributed by atoms with Gasteiger partial charge in [-0.15, -0.1) is 0 Å². The van der Waals surface area contributed by atoms with Gasteiger partial charge >= 0.3 is 0 Å². The Kier molecular flexibility index (Phi) is 3.17. The van der Waals surface area contributed by atoms with E-state index in [0.29, 0.717) is 16.6 Å². The molecule has 0 saturated heterocycles. The molecule has 0 radical (unpaired) electrons. The zero-order valence-corrected chi connectivity index (χ0v) is 13.2. The number of aromatic nitrogens is 4. The molecule has 1 N–H and O–H groups in total. The highest BCUT2D eigenvalue weighted by molar-refractivity contribution is 6.30.